The fourth-order valence-corrected chi connectivity index (χ4v) is 2.78. The third-order valence-corrected chi connectivity index (χ3v) is 4.04. The second kappa shape index (κ2) is 7.02. The number of nitrogens with one attached hydrogen (secondary N) is 1. The SMILES string of the molecule is C[C@H](N[C@@H](C)c1ccccc1Br)c1nc(N)nc(N(C)C)n1. The van der Waals surface area contributed by atoms with Crippen molar-refractivity contribution < 1.29 is 0 Å². The van der Waals surface area contributed by atoms with Crippen molar-refractivity contribution in [2.45, 2.75) is 25.9 Å². The lowest BCUT2D eigenvalue weighted by Crippen LogP contribution is -2.26. The number of rotatable bonds is 5. The summed E-state index contributed by atoms with van der Waals surface area (Å²) in [6, 6.07) is 8.23. The first kappa shape index (κ1) is 16.6. The zero-order chi connectivity index (χ0) is 16.3. The summed E-state index contributed by atoms with van der Waals surface area (Å²) in [5.41, 5.74) is 6.96. The van der Waals surface area contributed by atoms with Gasteiger partial charge in [-0.25, -0.2) is 0 Å². The number of nitrogen functional groups attached to an aromatic ring is 1. The molecule has 0 spiro atoms. The summed E-state index contributed by atoms with van der Waals surface area (Å²) in [6.45, 7) is 4.12. The van der Waals surface area contributed by atoms with Crippen LogP contribution in [0.4, 0.5) is 11.9 Å². The van der Waals surface area contributed by atoms with Crippen molar-refractivity contribution in [1.29, 1.82) is 0 Å². The van der Waals surface area contributed by atoms with E-state index in [1.54, 1.807) is 0 Å². The fraction of sp³-hybridized carbons (Fsp3) is 0.400. The molecule has 2 rings (SSSR count). The highest BCUT2D eigenvalue weighted by atomic mass is 79.9. The van der Waals surface area contributed by atoms with Crippen LogP contribution in [-0.2, 0) is 0 Å². The Hall–Kier alpha value is -1.73. The van der Waals surface area contributed by atoms with Crippen LogP contribution in [-0.4, -0.2) is 29.0 Å². The minimum atomic E-state index is -0.0499. The zero-order valence-electron chi connectivity index (χ0n) is 13.2. The van der Waals surface area contributed by atoms with Crippen LogP contribution in [0.1, 0.15) is 37.3 Å². The fourth-order valence-electron chi connectivity index (χ4n) is 2.16. The topological polar surface area (TPSA) is 80.0 Å². The van der Waals surface area contributed by atoms with Crippen LogP contribution in [0.25, 0.3) is 0 Å². The van der Waals surface area contributed by atoms with E-state index in [1.165, 1.54) is 5.56 Å². The minimum Gasteiger partial charge on any atom is -0.368 e. The second-order valence-corrected chi connectivity index (χ2v) is 6.23. The molecule has 1 heterocycles. The Bertz CT molecular complexity index is 646. The molecule has 6 nitrogen and oxygen atoms in total. The Balaban J connectivity index is 2.18. The molecule has 1 aromatic carbocycles. The summed E-state index contributed by atoms with van der Waals surface area (Å²) in [6.07, 6.45) is 0. The maximum absolute atomic E-state index is 5.78. The van der Waals surface area contributed by atoms with E-state index in [1.807, 2.05) is 44.1 Å². The first-order valence-corrected chi connectivity index (χ1v) is 7.87. The van der Waals surface area contributed by atoms with E-state index in [9.17, 15) is 0 Å². The summed E-state index contributed by atoms with van der Waals surface area (Å²) < 4.78 is 1.08. The van der Waals surface area contributed by atoms with Gasteiger partial charge in [0.2, 0.25) is 11.9 Å². The van der Waals surface area contributed by atoms with Crippen molar-refractivity contribution in [2.24, 2.45) is 0 Å². The maximum Gasteiger partial charge on any atom is 0.229 e. The van der Waals surface area contributed by atoms with Crippen LogP contribution in [0.15, 0.2) is 28.7 Å². The smallest absolute Gasteiger partial charge is 0.229 e. The van der Waals surface area contributed by atoms with Crippen molar-refractivity contribution in [3.63, 3.8) is 0 Å². The lowest BCUT2D eigenvalue weighted by atomic mass is 10.1. The number of anilines is 2. The number of nitrogens with zero attached hydrogens (tertiary/aromatic N) is 4. The number of benzene rings is 1. The molecule has 7 heteroatoms. The largest absolute Gasteiger partial charge is 0.368 e. The summed E-state index contributed by atoms with van der Waals surface area (Å²) in [4.78, 5) is 14.6. The number of aromatic nitrogens is 3. The predicted molar refractivity (Wildman–Crippen MR) is 92.7 cm³/mol. The Morgan fingerprint density at radius 3 is 2.41 bits per heavy atom. The van der Waals surface area contributed by atoms with Gasteiger partial charge < -0.3 is 16.0 Å². The first-order chi connectivity index (χ1) is 10.4. The molecule has 118 valence electrons. The van der Waals surface area contributed by atoms with Gasteiger partial charge in [-0.05, 0) is 25.5 Å². The highest BCUT2D eigenvalue weighted by molar-refractivity contribution is 9.10. The summed E-state index contributed by atoms with van der Waals surface area (Å²) in [5, 5.41) is 3.49. The van der Waals surface area contributed by atoms with Crippen LogP contribution in [0, 0.1) is 0 Å². The van der Waals surface area contributed by atoms with Crippen molar-refractivity contribution >= 4 is 27.8 Å². The van der Waals surface area contributed by atoms with Gasteiger partial charge in [0, 0.05) is 24.6 Å². The summed E-state index contributed by atoms with van der Waals surface area (Å²) in [5.74, 6) is 1.43. The second-order valence-electron chi connectivity index (χ2n) is 5.38. The van der Waals surface area contributed by atoms with Crippen LogP contribution >= 0.6 is 15.9 Å². The monoisotopic (exact) mass is 364 g/mol. The zero-order valence-corrected chi connectivity index (χ0v) is 14.8. The van der Waals surface area contributed by atoms with Gasteiger partial charge in [-0.1, -0.05) is 34.1 Å². The molecule has 0 bridgehead atoms. The van der Waals surface area contributed by atoms with E-state index in [2.05, 4.69) is 49.2 Å². The van der Waals surface area contributed by atoms with Gasteiger partial charge in [-0.3, -0.25) is 0 Å². The van der Waals surface area contributed by atoms with Gasteiger partial charge in [0.25, 0.3) is 0 Å². The molecule has 1 aromatic heterocycles. The quantitative estimate of drug-likeness (QED) is 0.848. The van der Waals surface area contributed by atoms with Crippen LogP contribution in [0.5, 0.6) is 0 Å². The van der Waals surface area contributed by atoms with Crippen molar-refractivity contribution in [3.8, 4) is 0 Å². The molecule has 0 aliphatic heterocycles. The molecule has 0 saturated heterocycles. The molecule has 0 fully saturated rings. The lowest BCUT2D eigenvalue weighted by Gasteiger charge is -2.21. The highest BCUT2D eigenvalue weighted by Gasteiger charge is 2.17. The Labute approximate surface area is 139 Å². The number of hydrogen-bond donors (Lipinski definition) is 2. The van der Waals surface area contributed by atoms with E-state index in [0.717, 1.165) is 4.47 Å². The minimum absolute atomic E-state index is 0.0499. The molecule has 3 N–H and O–H groups in total. The molecule has 2 atom stereocenters. The Morgan fingerprint density at radius 1 is 1.09 bits per heavy atom. The normalized spacial score (nSPS) is 13.7. The molecule has 0 aliphatic rings. The van der Waals surface area contributed by atoms with Gasteiger partial charge >= 0.3 is 0 Å². The highest BCUT2D eigenvalue weighted by Crippen LogP contribution is 2.25. The average Bonchev–Trinajstić information content (AvgIpc) is 2.46. The number of halogens is 1. The van der Waals surface area contributed by atoms with Crippen molar-refractivity contribution in [1.82, 2.24) is 20.3 Å². The summed E-state index contributed by atoms with van der Waals surface area (Å²) in [7, 11) is 3.75. The molecule has 0 radical (unpaired) electrons. The Morgan fingerprint density at radius 2 is 1.77 bits per heavy atom. The standard InChI is InChI=1S/C15H21BrN6/c1-9(11-7-5-6-8-12(11)16)18-10(2)13-19-14(17)21-15(20-13)22(3)4/h5-10,18H,1-4H3,(H2,17,19,20,21)/t9-,10-/m0/s1. The van der Waals surface area contributed by atoms with E-state index < -0.39 is 0 Å². The molecule has 0 unspecified atom stereocenters. The van der Waals surface area contributed by atoms with E-state index >= 15 is 0 Å². The van der Waals surface area contributed by atoms with E-state index in [-0.39, 0.29) is 18.0 Å². The maximum atomic E-state index is 5.78. The summed E-state index contributed by atoms with van der Waals surface area (Å²) >= 11 is 3.58. The first-order valence-electron chi connectivity index (χ1n) is 7.07. The van der Waals surface area contributed by atoms with Gasteiger partial charge in [-0.2, -0.15) is 15.0 Å². The number of hydrogen-bond acceptors (Lipinski definition) is 6. The van der Waals surface area contributed by atoms with Crippen molar-refractivity contribution in [3.05, 3.63) is 40.1 Å². The third-order valence-electron chi connectivity index (χ3n) is 3.32. The molecule has 22 heavy (non-hydrogen) atoms. The van der Waals surface area contributed by atoms with Gasteiger partial charge in [-0.15, -0.1) is 0 Å². The molecule has 2 aromatic rings. The van der Waals surface area contributed by atoms with Gasteiger partial charge in [0.05, 0.1) is 6.04 Å². The van der Waals surface area contributed by atoms with E-state index in [4.69, 9.17) is 5.73 Å². The van der Waals surface area contributed by atoms with Crippen LogP contribution in [0.2, 0.25) is 0 Å². The number of nitrogens with two attached hydrogens (primary N) is 1. The molecular weight excluding hydrogens is 344 g/mol. The Kier molecular flexibility index (Phi) is 5.31. The van der Waals surface area contributed by atoms with Crippen molar-refractivity contribution in [2.75, 3.05) is 24.7 Å². The predicted octanol–water partition coefficient (Wildman–Crippen LogP) is 2.69. The molecule has 0 aliphatic carbocycles. The van der Waals surface area contributed by atoms with Gasteiger partial charge in [0.15, 0.2) is 5.82 Å². The van der Waals surface area contributed by atoms with E-state index in [0.29, 0.717) is 11.8 Å². The molecular formula is C15H21BrN6. The molecule has 0 saturated carbocycles. The van der Waals surface area contributed by atoms with Crippen LogP contribution < -0.4 is 16.0 Å². The van der Waals surface area contributed by atoms with Gasteiger partial charge in [0.1, 0.15) is 0 Å². The van der Waals surface area contributed by atoms with Crippen LogP contribution in [0.3, 0.4) is 0 Å². The lowest BCUT2D eigenvalue weighted by molar-refractivity contribution is 0.474. The third kappa shape index (κ3) is 3.92. The average molecular weight is 365 g/mol. The molecule has 0 amide bonds.